The largest absolute Gasteiger partial charge is 0.351 e. The van der Waals surface area contributed by atoms with Crippen molar-refractivity contribution in [3.8, 4) is 0 Å². The standard InChI is InChI=1S/C10H12INO3S/c1-16(14,15)9-4-2-3-8(7-9)10(13)12-6-5-11/h2-4,7H,5-6H2,1H3,(H,12,13). The van der Waals surface area contributed by atoms with Crippen molar-refractivity contribution in [1.29, 1.82) is 0 Å². The van der Waals surface area contributed by atoms with Crippen LogP contribution in [-0.4, -0.2) is 31.6 Å². The summed E-state index contributed by atoms with van der Waals surface area (Å²) in [7, 11) is -3.26. The van der Waals surface area contributed by atoms with E-state index in [0.29, 0.717) is 12.1 Å². The Morgan fingerprint density at radius 1 is 1.44 bits per heavy atom. The van der Waals surface area contributed by atoms with Gasteiger partial charge in [0.05, 0.1) is 4.90 Å². The number of rotatable bonds is 4. The number of benzene rings is 1. The van der Waals surface area contributed by atoms with Gasteiger partial charge in [0, 0.05) is 22.8 Å². The lowest BCUT2D eigenvalue weighted by Crippen LogP contribution is -2.25. The zero-order valence-corrected chi connectivity index (χ0v) is 11.7. The van der Waals surface area contributed by atoms with Gasteiger partial charge in [0.25, 0.3) is 5.91 Å². The van der Waals surface area contributed by atoms with Gasteiger partial charge in [0.15, 0.2) is 9.84 Å². The van der Waals surface area contributed by atoms with Crippen LogP contribution >= 0.6 is 22.6 Å². The van der Waals surface area contributed by atoms with Crippen LogP contribution in [0.4, 0.5) is 0 Å². The van der Waals surface area contributed by atoms with Crippen LogP contribution in [0.25, 0.3) is 0 Å². The SMILES string of the molecule is CS(=O)(=O)c1cccc(C(=O)NCCI)c1. The first-order valence-electron chi connectivity index (χ1n) is 4.59. The second-order valence-corrected chi connectivity index (χ2v) is 6.34. The Hall–Kier alpha value is -0.630. The average molecular weight is 353 g/mol. The van der Waals surface area contributed by atoms with Crippen LogP contribution in [-0.2, 0) is 9.84 Å². The second kappa shape index (κ2) is 5.62. The number of hydrogen-bond donors (Lipinski definition) is 1. The Morgan fingerprint density at radius 2 is 2.12 bits per heavy atom. The maximum absolute atomic E-state index is 11.6. The Kier molecular flexibility index (Phi) is 4.72. The van der Waals surface area contributed by atoms with Gasteiger partial charge in [-0.1, -0.05) is 28.7 Å². The van der Waals surface area contributed by atoms with E-state index in [9.17, 15) is 13.2 Å². The molecule has 0 saturated heterocycles. The fraction of sp³-hybridized carbons (Fsp3) is 0.300. The van der Waals surface area contributed by atoms with Gasteiger partial charge >= 0.3 is 0 Å². The molecule has 0 aliphatic carbocycles. The minimum Gasteiger partial charge on any atom is -0.351 e. The topological polar surface area (TPSA) is 63.2 Å². The van der Waals surface area contributed by atoms with Gasteiger partial charge in [-0.15, -0.1) is 0 Å². The Balaban J connectivity index is 2.95. The third kappa shape index (κ3) is 3.75. The third-order valence-electron chi connectivity index (χ3n) is 1.90. The molecule has 0 aliphatic heterocycles. The van der Waals surface area contributed by atoms with Gasteiger partial charge in [-0.05, 0) is 18.2 Å². The molecule has 0 bridgehead atoms. The lowest BCUT2D eigenvalue weighted by molar-refractivity contribution is 0.0956. The van der Waals surface area contributed by atoms with Crippen molar-refractivity contribution >= 4 is 38.3 Å². The molecule has 4 nitrogen and oxygen atoms in total. The van der Waals surface area contributed by atoms with Crippen molar-refractivity contribution in [3.05, 3.63) is 29.8 Å². The highest BCUT2D eigenvalue weighted by molar-refractivity contribution is 14.1. The first-order chi connectivity index (χ1) is 7.45. The van der Waals surface area contributed by atoms with Crippen LogP contribution in [0.1, 0.15) is 10.4 Å². The van der Waals surface area contributed by atoms with Crippen molar-refractivity contribution < 1.29 is 13.2 Å². The number of amides is 1. The van der Waals surface area contributed by atoms with E-state index in [-0.39, 0.29) is 10.8 Å². The van der Waals surface area contributed by atoms with Gasteiger partial charge in [0.2, 0.25) is 0 Å². The van der Waals surface area contributed by atoms with E-state index in [4.69, 9.17) is 0 Å². The van der Waals surface area contributed by atoms with Crippen molar-refractivity contribution in [2.75, 3.05) is 17.2 Å². The predicted octanol–water partition coefficient (Wildman–Crippen LogP) is 1.25. The molecule has 0 spiro atoms. The van der Waals surface area contributed by atoms with E-state index in [1.54, 1.807) is 12.1 Å². The molecule has 0 aromatic heterocycles. The number of hydrogen-bond acceptors (Lipinski definition) is 3. The molecule has 0 radical (unpaired) electrons. The summed E-state index contributed by atoms with van der Waals surface area (Å²) >= 11 is 2.15. The summed E-state index contributed by atoms with van der Waals surface area (Å²) in [5.41, 5.74) is 0.368. The molecule has 88 valence electrons. The van der Waals surface area contributed by atoms with Crippen LogP contribution in [0.3, 0.4) is 0 Å². The Bertz CT molecular complexity index is 485. The molecule has 0 aliphatic rings. The molecular formula is C10H12INO3S. The van der Waals surface area contributed by atoms with Gasteiger partial charge in [-0.3, -0.25) is 4.79 Å². The fourth-order valence-corrected chi connectivity index (χ4v) is 2.07. The maximum Gasteiger partial charge on any atom is 0.251 e. The number of sulfone groups is 1. The Morgan fingerprint density at radius 3 is 2.69 bits per heavy atom. The van der Waals surface area contributed by atoms with Crippen LogP contribution in [0, 0.1) is 0 Å². The lowest BCUT2D eigenvalue weighted by atomic mass is 10.2. The average Bonchev–Trinajstić information content (AvgIpc) is 2.25. The van der Waals surface area contributed by atoms with Gasteiger partial charge in [0.1, 0.15) is 0 Å². The third-order valence-corrected chi connectivity index (χ3v) is 3.55. The summed E-state index contributed by atoms with van der Waals surface area (Å²) in [6.07, 6.45) is 1.12. The van der Waals surface area contributed by atoms with E-state index in [2.05, 4.69) is 27.9 Å². The van der Waals surface area contributed by atoms with Crippen LogP contribution < -0.4 is 5.32 Å². The first-order valence-corrected chi connectivity index (χ1v) is 8.01. The van der Waals surface area contributed by atoms with Gasteiger partial charge < -0.3 is 5.32 Å². The minimum atomic E-state index is -3.26. The molecule has 1 aromatic rings. The van der Waals surface area contributed by atoms with E-state index in [1.165, 1.54) is 12.1 Å². The molecule has 1 rings (SSSR count). The molecule has 16 heavy (non-hydrogen) atoms. The zero-order valence-electron chi connectivity index (χ0n) is 8.73. The van der Waals surface area contributed by atoms with Gasteiger partial charge in [-0.25, -0.2) is 8.42 Å². The smallest absolute Gasteiger partial charge is 0.251 e. The molecule has 0 unspecified atom stereocenters. The highest BCUT2D eigenvalue weighted by Gasteiger charge is 2.10. The number of alkyl halides is 1. The molecule has 6 heteroatoms. The molecule has 0 heterocycles. The minimum absolute atomic E-state index is 0.162. The Labute approximate surface area is 108 Å². The second-order valence-electron chi connectivity index (χ2n) is 3.24. The van der Waals surface area contributed by atoms with Crippen LogP contribution in [0.2, 0.25) is 0 Å². The van der Waals surface area contributed by atoms with E-state index in [1.807, 2.05) is 0 Å². The predicted molar refractivity (Wildman–Crippen MR) is 70.8 cm³/mol. The quantitative estimate of drug-likeness (QED) is 0.655. The monoisotopic (exact) mass is 353 g/mol. The number of carbonyl (C=O) groups excluding carboxylic acids is 1. The summed E-state index contributed by atoms with van der Waals surface area (Å²) in [6.45, 7) is 0.572. The fourth-order valence-electron chi connectivity index (χ4n) is 1.13. The van der Waals surface area contributed by atoms with Gasteiger partial charge in [-0.2, -0.15) is 0 Å². The molecule has 0 fully saturated rings. The highest BCUT2D eigenvalue weighted by Crippen LogP contribution is 2.11. The highest BCUT2D eigenvalue weighted by atomic mass is 127. The normalized spacial score (nSPS) is 11.1. The van der Waals surface area contributed by atoms with Crippen molar-refractivity contribution in [1.82, 2.24) is 5.32 Å². The number of carbonyl (C=O) groups is 1. The summed E-state index contributed by atoms with van der Waals surface area (Å²) < 4.78 is 23.4. The molecule has 1 N–H and O–H groups in total. The van der Waals surface area contributed by atoms with Crippen LogP contribution in [0.5, 0.6) is 0 Å². The number of halogens is 1. The van der Waals surface area contributed by atoms with Crippen molar-refractivity contribution in [2.24, 2.45) is 0 Å². The van der Waals surface area contributed by atoms with E-state index >= 15 is 0 Å². The van der Waals surface area contributed by atoms with Crippen molar-refractivity contribution in [3.63, 3.8) is 0 Å². The first kappa shape index (κ1) is 13.4. The summed E-state index contributed by atoms with van der Waals surface area (Å²) in [5, 5.41) is 2.69. The number of nitrogens with one attached hydrogen (secondary N) is 1. The maximum atomic E-state index is 11.6. The molecule has 0 saturated carbocycles. The summed E-state index contributed by atoms with van der Waals surface area (Å²) in [6, 6.07) is 6.02. The van der Waals surface area contributed by atoms with E-state index in [0.717, 1.165) is 10.7 Å². The lowest BCUT2D eigenvalue weighted by Gasteiger charge is -2.04. The zero-order chi connectivity index (χ0) is 12.2. The molecular weight excluding hydrogens is 341 g/mol. The van der Waals surface area contributed by atoms with Crippen molar-refractivity contribution in [2.45, 2.75) is 4.90 Å². The van der Waals surface area contributed by atoms with Crippen LogP contribution in [0.15, 0.2) is 29.2 Å². The summed E-state index contributed by atoms with van der Waals surface area (Å²) in [5.74, 6) is -0.248. The summed E-state index contributed by atoms with van der Waals surface area (Å²) in [4.78, 5) is 11.7. The molecule has 1 amide bonds. The molecule has 1 aromatic carbocycles. The molecule has 0 atom stereocenters. The van der Waals surface area contributed by atoms with E-state index < -0.39 is 9.84 Å².